The predicted octanol–water partition coefficient (Wildman–Crippen LogP) is 2.60. The average Bonchev–Trinajstić information content (AvgIpc) is 3.01. The van der Waals surface area contributed by atoms with E-state index in [0.29, 0.717) is 6.04 Å². The summed E-state index contributed by atoms with van der Waals surface area (Å²) in [6, 6.07) is 8.63. The number of carbonyl (C=O) groups is 1. The summed E-state index contributed by atoms with van der Waals surface area (Å²) in [5, 5.41) is 3.61. The van der Waals surface area contributed by atoms with Crippen LogP contribution in [0.15, 0.2) is 24.3 Å². The standard InChI is InChI=1S/C17H24N2O/c1-13-4-2-5-15(12-13)17(20)19-10-7-14(8-11-19)16-6-3-9-18-16/h2,4-5,12,14,16,18H,3,6-11H2,1H3. The number of benzene rings is 1. The molecule has 0 aliphatic carbocycles. The highest BCUT2D eigenvalue weighted by Gasteiger charge is 2.30. The fraction of sp³-hybridized carbons (Fsp3) is 0.588. The number of hydrogen-bond acceptors (Lipinski definition) is 2. The summed E-state index contributed by atoms with van der Waals surface area (Å²) in [6.45, 7) is 5.03. The number of rotatable bonds is 2. The third kappa shape index (κ3) is 2.88. The Hall–Kier alpha value is -1.35. The lowest BCUT2D eigenvalue weighted by molar-refractivity contribution is 0.0674. The van der Waals surface area contributed by atoms with Crippen LogP contribution in [-0.4, -0.2) is 36.5 Å². The molecule has 1 N–H and O–H groups in total. The van der Waals surface area contributed by atoms with Crippen LogP contribution in [0.25, 0.3) is 0 Å². The van der Waals surface area contributed by atoms with Crippen LogP contribution in [-0.2, 0) is 0 Å². The molecule has 1 aromatic rings. The molecule has 1 unspecified atom stereocenters. The molecule has 2 aliphatic rings. The van der Waals surface area contributed by atoms with Crippen molar-refractivity contribution in [2.45, 2.75) is 38.6 Å². The molecule has 0 saturated carbocycles. The molecular formula is C17H24N2O. The Balaban J connectivity index is 1.58. The van der Waals surface area contributed by atoms with Gasteiger partial charge < -0.3 is 10.2 Å². The quantitative estimate of drug-likeness (QED) is 0.897. The van der Waals surface area contributed by atoms with Crippen molar-refractivity contribution < 1.29 is 4.79 Å². The van der Waals surface area contributed by atoms with Crippen molar-refractivity contribution in [1.82, 2.24) is 10.2 Å². The minimum Gasteiger partial charge on any atom is -0.339 e. The van der Waals surface area contributed by atoms with Crippen molar-refractivity contribution >= 4 is 5.91 Å². The summed E-state index contributed by atoms with van der Waals surface area (Å²) < 4.78 is 0. The maximum absolute atomic E-state index is 12.5. The highest BCUT2D eigenvalue weighted by Crippen LogP contribution is 2.26. The van der Waals surface area contributed by atoms with Crippen LogP contribution < -0.4 is 5.32 Å². The van der Waals surface area contributed by atoms with Gasteiger partial charge in [0.05, 0.1) is 0 Å². The lowest BCUT2D eigenvalue weighted by Gasteiger charge is -2.35. The molecule has 0 aromatic heterocycles. The summed E-state index contributed by atoms with van der Waals surface area (Å²) in [5.41, 5.74) is 1.99. The van der Waals surface area contributed by atoms with E-state index in [0.717, 1.165) is 43.0 Å². The monoisotopic (exact) mass is 272 g/mol. The lowest BCUT2D eigenvalue weighted by atomic mass is 9.88. The first kappa shape index (κ1) is 13.6. The number of hydrogen-bond donors (Lipinski definition) is 1. The van der Waals surface area contributed by atoms with Gasteiger partial charge in [0.25, 0.3) is 5.91 Å². The second kappa shape index (κ2) is 5.96. The maximum atomic E-state index is 12.5. The molecule has 3 nitrogen and oxygen atoms in total. The number of amides is 1. The highest BCUT2D eigenvalue weighted by molar-refractivity contribution is 5.94. The zero-order valence-electron chi connectivity index (χ0n) is 12.3. The molecule has 20 heavy (non-hydrogen) atoms. The zero-order chi connectivity index (χ0) is 13.9. The third-order valence-corrected chi connectivity index (χ3v) is 4.76. The van der Waals surface area contributed by atoms with Gasteiger partial charge in [0.1, 0.15) is 0 Å². The van der Waals surface area contributed by atoms with Crippen molar-refractivity contribution in [3.8, 4) is 0 Å². The number of piperidine rings is 1. The molecule has 3 rings (SSSR count). The second-order valence-corrected chi connectivity index (χ2v) is 6.20. The van der Waals surface area contributed by atoms with Crippen LogP contribution in [0.2, 0.25) is 0 Å². The van der Waals surface area contributed by atoms with Gasteiger partial charge in [0.2, 0.25) is 0 Å². The van der Waals surface area contributed by atoms with Gasteiger partial charge in [0, 0.05) is 24.7 Å². The summed E-state index contributed by atoms with van der Waals surface area (Å²) in [7, 11) is 0. The van der Waals surface area contributed by atoms with E-state index in [9.17, 15) is 4.79 Å². The van der Waals surface area contributed by atoms with Crippen LogP contribution >= 0.6 is 0 Å². The van der Waals surface area contributed by atoms with E-state index in [2.05, 4.69) is 5.32 Å². The fourth-order valence-corrected chi connectivity index (χ4v) is 3.58. The molecular weight excluding hydrogens is 248 g/mol. The minimum absolute atomic E-state index is 0.200. The zero-order valence-corrected chi connectivity index (χ0v) is 12.3. The van der Waals surface area contributed by atoms with Crippen LogP contribution in [0.5, 0.6) is 0 Å². The first-order valence-corrected chi connectivity index (χ1v) is 7.83. The Labute approximate surface area is 121 Å². The smallest absolute Gasteiger partial charge is 0.253 e. The first-order chi connectivity index (χ1) is 9.74. The summed E-state index contributed by atoms with van der Waals surface area (Å²) in [5.74, 6) is 0.964. The number of nitrogens with one attached hydrogen (secondary N) is 1. The Morgan fingerprint density at radius 3 is 2.70 bits per heavy atom. The van der Waals surface area contributed by atoms with Crippen molar-refractivity contribution in [3.05, 3.63) is 35.4 Å². The Kier molecular flexibility index (Phi) is 4.06. The first-order valence-electron chi connectivity index (χ1n) is 7.83. The van der Waals surface area contributed by atoms with E-state index in [-0.39, 0.29) is 5.91 Å². The minimum atomic E-state index is 0.200. The van der Waals surface area contributed by atoms with Gasteiger partial charge in [-0.05, 0) is 57.2 Å². The van der Waals surface area contributed by atoms with E-state index >= 15 is 0 Å². The maximum Gasteiger partial charge on any atom is 0.253 e. The Morgan fingerprint density at radius 1 is 1.25 bits per heavy atom. The normalized spacial score (nSPS) is 24.1. The largest absolute Gasteiger partial charge is 0.339 e. The number of aryl methyl sites for hydroxylation is 1. The molecule has 1 amide bonds. The summed E-state index contributed by atoms with van der Waals surface area (Å²) in [4.78, 5) is 14.5. The molecule has 2 fully saturated rings. The molecule has 0 spiro atoms. The van der Waals surface area contributed by atoms with E-state index in [4.69, 9.17) is 0 Å². The van der Waals surface area contributed by atoms with E-state index in [1.807, 2.05) is 36.1 Å². The van der Waals surface area contributed by atoms with E-state index < -0.39 is 0 Å². The van der Waals surface area contributed by atoms with Crippen molar-refractivity contribution in [1.29, 1.82) is 0 Å². The van der Waals surface area contributed by atoms with E-state index in [1.54, 1.807) is 0 Å². The second-order valence-electron chi connectivity index (χ2n) is 6.20. The number of carbonyl (C=O) groups excluding carboxylic acids is 1. The van der Waals surface area contributed by atoms with Crippen molar-refractivity contribution in [2.75, 3.05) is 19.6 Å². The molecule has 108 valence electrons. The number of nitrogens with zero attached hydrogens (tertiary/aromatic N) is 1. The van der Waals surface area contributed by atoms with Gasteiger partial charge in [-0.25, -0.2) is 0 Å². The molecule has 0 radical (unpaired) electrons. The predicted molar refractivity (Wildman–Crippen MR) is 80.8 cm³/mol. The Morgan fingerprint density at radius 2 is 2.05 bits per heavy atom. The van der Waals surface area contributed by atoms with Crippen LogP contribution in [0, 0.1) is 12.8 Å². The average molecular weight is 272 g/mol. The molecule has 1 aromatic carbocycles. The van der Waals surface area contributed by atoms with Crippen LogP contribution in [0.4, 0.5) is 0 Å². The molecule has 2 heterocycles. The lowest BCUT2D eigenvalue weighted by Crippen LogP contribution is -2.43. The number of likely N-dealkylation sites (tertiary alicyclic amines) is 1. The topological polar surface area (TPSA) is 32.3 Å². The van der Waals surface area contributed by atoms with Gasteiger partial charge in [0.15, 0.2) is 0 Å². The highest BCUT2D eigenvalue weighted by atomic mass is 16.2. The third-order valence-electron chi connectivity index (χ3n) is 4.76. The molecule has 2 saturated heterocycles. The van der Waals surface area contributed by atoms with Gasteiger partial charge in [-0.1, -0.05) is 17.7 Å². The van der Waals surface area contributed by atoms with Crippen LogP contribution in [0.1, 0.15) is 41.6 Å². The SMILES string of the molecule is Cc1cccc(C(=O)N2CCC(C3CCCN3)CC2)c1. The van der Waals surface area contributed by atoms with Gasteiger partial charge in [-0.2, -0.15) is 0 Å². The molecule has 3 heteroatoms. The fourth-order valence-electron chi connectivity index (χ4n) is 3.58. The molecule has 0 bridgehead atoms. The summed E-state index contributed by atoms with van der Waals surface area (Å²) in [6.07, 6.45) is 4.92. The van der Waals surface area contributed by atoms with Crippen molar-refractivity contribution in [2.24, 2.45) is 5.92 Å². The Bertz CT molecular complexity index is 472. The molecule has 2 aliphatic heterocycles. The van der Waals surface area contributed by atoms with Gasteiger partial charge in [-0.3, -0.25) is 4.79 Å². The van der Waals surface area contributed by atoms with E-state index in [1.165, 1.54) is 19.4 Å². The van der Waals surface area contributed by atoms with Crippen LogP contribution in [0.3, 0.4) is 0 Å². The summed E-state index contributed by atoms with van der Waals surface area (Å²) >= 11 is 0. The molecule has 1 atom stereocenters. The van der Waals surface area contributed by atoms with Gasteiger partial charge >= 0.3 is 0 Å². The van der Waals surface area contributed by atoms with Gasteiger partial charge in [-0.15, -0.1) is 0 Å². The van der Waals surface area contributed by atoms with Crippen molar-refractivity contribution in [3.63, 3.8) is 0 Å².